The van der Waals surface area contributed by atoms with Crippen LogP contribution in [-0.4, -0.2) is 58.9 Å². The average molecular weight is 333 g/mol. The second-order valence-electron chi connectivity index (χ2n) is 7.23. The molecular weight excluding hydrogens is 306 g/mol. The van der Waals surface area contributed by atoms with E-state index in [-0.39, 0.29) is 5.91 Å². The highest BCUT2D eigenvalue weighted by Gasteiger charge is 2.36. The SMILES string of the molecule is CC(C)(C)[C@@H](NC(N)=O)C(=O)N1CCN(Cc2ccccn2)CC1. The number of pyridine rings is 1. The Bertz CT molecular complexity index is 562. The predicted molar refractivity (Wildman–Crippen MR) is 92.1 cm³/mol. The summed E-state index contributed by atoms with van der Waals surface area (Å²) in [6.45, 7) is 9.39. The van der Waals surface area contributed by atoms with Gasteiger partial charge in [-0.15, -0.1) is 0 Å². The van der Waals surface area contributed by atoms with Crippen LogP contribution in [0.15, 0.2) is 24.4 Å². The lowest BCUT2D eigenvalue weighted by molar-refractivity contribution is -0.137. The number of hydrogen-bond donors (Lipinski definition) is 2. The van der Waals surface area contributed by atoms with Crippen molar-refractivity contribution in [2.24, 2.45) is 11.1 Å². The van der Waals surface area contributed by atoms with E-state index in [0.717, 1.165) is 25.3 Å². The number of hydrogen-bond acceptors (Lipinski definition) is 4. The molecule has 132 valence electrons. The molecular formula is C17H27N5O2. The van der Waals surface area contributed by atoms with Gasteiger partial charge in [-0.25, -0.2) is 4.79 Å². The first kappa shape index (κ1) is 18.2. The van der Waals surface area contributed by atoms with Crippen LogP contribution in [0.25, 0.3) is 0 Å². The fourth-order valence-corrected chi connectivity index (χ4v) is 2.82. The summed E-state index contributed by atoms with van der Waals surface area (Å²) in [6.07, 6.45) is 1.79. The van der Waals surface area contributed by atoms with E-state index in [1.54, 1.807) is 11.1 Å². The lowest BCUT2D eigenvalue weighted by Gasteiger charge is -2.39. The number of carbonyl (C=O) groups excluding carboxylic acids is 2. The number of carbonyl (C=O) groups is 2. The molecule has 0 radical (unpaired) electrons. The quantitative estimate of drug-likeness (QED) is 0.853. The molecule has 1 aliphatic heterocycles. The number of nitrogens with one attached hydrogen (secondary N) is 1. The summed E-state index contributed by atoms with van der Waals surface area (Å²) < 4.78 is 0. The Hall–Kier alpha value is -2.15. The van der Waals surface area contributed by atoms with Crippen LogP contribution in [0.3, 0.4) is 0 Å². The zero-order chi connectivity index (χ0) is 17.7. The van der Waals surface area contributed by atoms with E-state index < -0.39 is 17.5 Å². The molecule has 3 amide bonds. The molecule has 3 N–H and O–H groups in total. The van der Waals surface area contributed by atoms with E-state index in [4.69, 9.17) is 5.73 Å². The lowest BCUT2D eigenvalue weighted by atomic mass is 9.85. The minimum atomic E-state index is -0.669. The van der Waals surface area contributed by atoms with Gasteiger partial charge in [0.1, 0.15) is 6.04 Å². The molecule has 1 aliphatic rings. The van der Waals surface area contributed by atoms with Crippen LogP contribution >= 0.6 is 0 Å². The van der Waals surface area contributed by atoms with Crippen molar-refractivity contribution < 1.29 is 9.59 Å². The summed E-state index contributed by atoms with van der Waals surface area (Å²) in [6, 6.07) is 4.60. The van der Waals surface area contributed by atoms with Gasteiger partial charge in [-0.1, -0.05) is 26.8 Å². The number of primary amides is 1. The standard InChI is InChI=1S/C17H27N5O2/c1-17(2,3)14(20-16(18)24)15(23)22-10-8-21(9-11-22)12-13-6-4-5-7-19-13/h4-7,14H,8-12H2,1-3H3,(H3,18,20,24)/t14-/m0/s1. The van der Waals surface area contributed by atoms with Crippen molar-refractivity contribution in [1.29, 1.82) is 0 Å². The zero-order valence-electron chi connectivity index (χ0n) is 14.7. The van der Waals surface area contributed by atoms with Gasteiger partial charge in [-0.2, -0.15) is 0 Å². The van der Waals surface area contributed by atoms with Gasteiger partial charge in [-0.05, 0) is 17.5 Å². The van der Waals surface area contributed by atoms with Crippen molar-refractivity contribution >= 4 is 11.9 Å². The van der Waals surface area contributed by atoms with E-state index in [9.17, 15) is 9.59 Å². The fraction of sp³-hybridized carbons (Fsp3) is 0.588. The molecule has 2 rings (SSSR count). The van der Waals surface area contributed by atoms with E-state index >= 15 is 0 Å². The Morgan fingerprint density at radius 3 is 2.42 bits per heavy atom. The second-order valence-corrected chi connectivity index (χ2v) is 7.23. The molecule has 2 heterocycles. The van der Waals surface area contributed by atoms with Crippen molar-refractivity contribution in [3.05, 3.63) is 30.1 Å². The fourth-order valence-electron chi connectivity index (χ4n) is 2.82. The lowest BCUT2D eigenvalue weighted by Crippen LogP contribution is -2.59. The van der Waals surface area contributed by atoms with Gasteiger partial charge in [0.25, 0.3) is 0 Å². The van der Waals surface area contributed by atoms with Crippen molar-refractivity contribution in [3.8, 4) is 0 Å². The first-order valence-electron chi connectivity index (χ1n) is 8.24. The molecule has 7 heteroatoms. The van der Waals surface area contributed by atoms with E-state index in [1.807, 2.05) is 39.0 Å². The molecule has 24 heavy (non-hydrogen) atoms. The number of piperazine rings is 1. The van der Waals surface area contributed by atoms with Crippen molar-refractivity contribution in [2.75, 3.05) is 26.2 Å². The maximum Gasteiger partial charge on any atom is 0.312 e. The molecule has 0 saturated carbocycles. The summed E-state index contributed by atoms with van der Waals surface area (Å²) >= 11 is 0. The Kier molecular flexibility index (Phi) is 5.77. The molecule has 1 aromatic heterocycles. The molecule has 1 atom stereocenters. The number of urea groups is 1. The predicted octanol–water partition coefficient (Wildman–Crippen LogP) is 0.809. The molecule has 0 bridgehead atoms. The molecule has 0 spiro atoms. The minimum absolute atomic E-state index is 0.0706. The van der Waals surface area contributed by atoms with Gasteiger partial charge in [0.05, 0.1) is 5.69 Å². The molecule has 1 aromatic rings. The van der Waals surface area contributed by atoms with Gasteiger partial charge in [0, 0.05) is 38.9 Å². The van der Waals surface area contributed by atoms with Gasteiger partial charge in [-0.3, -0.25) is 14.7 Å². The normalized spacial score (nSPS) is 17.4. The van der Waals surface area contributed by atoms with Crippen molar-refractivity contribution in [1.82, 2.24) is 20.1 Å². The van der Waals surface area contributed by atoms with Crippen LogP contribution < -0.4 is 11.1 Å². The van der Waals surface area contributed by atoms with Crippen LogP contribution in [0, 0.1) is 5.41 Å². The number of nitrogens with zero attached hydrogens (tertiary/aromatic N) is 3. The second kappa shape index (κ2) is 7.61. The highest BCUT2D eigenvalue weighted by molar-refractivity contribution is 5.87. The van der Waals surface area contributed by atoms with Gasteiger partial charge in [0.2, 0.25) is 5.91 Å². The Labute approximate surface area is 143 Å². The summed E-state index contributed by atoms with van der Waals surface area (Å²) in [5, 5.41) is 2.59. The van der Waals surface area contributed by atoms with Crippen molar-refractivity contribution in [3.63, 3.8) is 0 Å². The van der Waals surface area contributed by atoms with Gasteiger partial charge < -0.3 is 16.0 Å². The average Bonchev–Trinajstić information content (AvgIpc) is 2.52. The van der Waals surface area contributed by atoms with Gasteiger partial charge >= 0.3 is 6.03 Å². The largest absolute Gasteiger partial charge is 0.352 e. The number of nitrogens with two attached hydrogens (primary N) is 1. The van der Waals surface area contributed by atoms with Crippen LogP contribution in [0.1, 0.15) is 26.5 Å². The minimum Gasteiger partial charge on any atom is -0.352 e. The number of rotatable bonds is 4. The molecule has 0 unspecified atom stereocenters. The first-order chi connectivity index (χ1) is 11.3. The molecule has 1 fully saturated rings. The maximum atomic E-state index is 12.8. The Morgan fingerprint density at radius 1 is 1.25 bits per heavy atom. The maximum absolute atomic E-state index is 12.8. The Balaban J connectivity index is 1.92. The van der Waals surface area contributed by atoms with Crippen LogP contribution in [0.2, 0.25) is 0 Å². The highest BCUT2D eigenvalue weighted by atomic mass is 16.2. The van der Waals surface area contributed by atoms with Crippen molar-refractivity contribution in [2.45, 2.75) is 33.4 Å². The van der Waals surface area contributed by atoms with Crippen LogP contribution in [0.5, 0.6) is 0 Å². The molecule has 0 aliphatic carbocycles. The zero-order valence-corrected chi connectivity index (χ0v) is 14.7. The topological polar surface area (TPSA) is 91.6 Å². The smallest absolute Gasteiger partial charge is 0.312 e. The monoisotopic (exact) mass is 333 g/mol. The summed E-state index contributed by atoms with van der Waals surface area (Å²) in [7, 11) is 0. The van der Waals surface area contributed by atoms with E-state index in [0.29, 0.717) is 13.1 Å². The van der Waals surface area contributed by atoms with E-state index in [1.165, 1.54) is 0 Å². The third-order valence-corrected chi connectivity index (χ3v) is 4.20. The number of aromatic nitrogens is 1. The summed E-state index contributed by atoms with van der Waals surface area (Å²) in [5.74, 6) is -0.0706. The molecule has 0 aromatic carbocycles. The Morgan fingerprint density at radius 2 is 1.92 bits per heavy atom. The summed E-state index contributed by atoms with van der Waals surface area (Å²) in [5.41, 5.74) is 5.87. The van der Waals surface area contributed by atoms with Crippen LogP contribution in [-0.2, 0) is 11.3 Å². The van der Waals surface area contributed by atoms with Crippen LogP contribution in [0.4, 0.5) is 4.79 Å². The third kappa shape index (κ3) is 4.92. The molecule has 7 nitrogen and oxygen atoms in total. The third-order valence-electron chi connectivity index (χ3n) is 4.20. The number of amides is 3. The first-order valence-corrected chi connectivity index (χ1v) is 8.24. The summed E-state index contributed by atoms with van der Waals surface area (Å²) in [4.78, 5) is 32.4. The molecule has 1 saturated heterocycles. The van der Waals surface area contributed by atoms with E-state index in [2.05, 4.69) is 15.2 Å². The highest BCUT2D eigenvalue weighted by Crippen LogP contribution is 2.22. The van der Waals surface area contributed by atoms with Gasteiger partial charge in [0.15, 0.2) is 0 Å².